The molecule has 12 rings (SSSR count). The normalized spacial score (nSPS) is 11.1. The number of rotatable bonds is 12. The second-order valence-corrected chi connectivity index (χ2v) is 22.0. The van der Waals surface area contributed by atoms with Crippen LogP contribution in [0.25, 0.3) is 112 Å². The molecular weight excluding hydrogens is 1410 g/mol. The monoisotopic (exact) mass is 1460 g/mol. The topological polar surface area (TPSA) is 383 Å². The Morgan fingerprint density at radius 1 is 0.413 bits per heavy atom. The van der Waals surface area contributed by atoms with E-state index in [0.717, 1.165) is 133 Å². The third-order valence-electron chi connectivity index (χ3n) is 13.2. The summed E-state index contributed by atoms with van der Waals surface area (Å²) in [5.41, 5.74) is 44.0. The van der Waals surface area contributed by atoms with Gasteiger partial charge in [-0.1, -0.05) is 91.0 Å². The Bertz CT molecular complexity index is 3950. The van der Waals surface area contributed by atoms with Gasteiger partial charge in [0.25, 0.3) is 0 Å². The molecule has 4 atom stereocenters. The first-order valence-electron chi connectivity index (χ1n) is 25.9. The Morgan fingerprint density at radius 2 is 0.783 bits per heavy atom. The van der Waals surface area contributed by atoms with Crippen LogP contribution in [0, 0.1) is 0 Å². The number of aromatic amines is 4. The third-order valence-corrected chi connectivity index (χ3v) is 15.5. The zero-order valence-electron chi connectivity index (χ0n) is 48.9. The minimum Gasteiger partial charge on any atom is -0.632 e. The van der Waals surface area contributed by atoms with Crippen molar-refractivity contribution in [2.24, 2.45) is 0 Å². The number of fused-ring (bicyclic) bond motifs is 9. The number of H-pyrrole nitrogens is 4. The third kappa shape index (κ3) is 21.5. The molecule has 464 valence electrons. The second kappa shape index (κ2) is 39.1. The van der Waals surface area contributed by atoms with Crippen molar-refractivity contribution in [1.29, 1.82) is 0 Å². The zero-order valence-corrected chi connectivity index (χ0v) is 58.4. The van der Waals surface area contributed by atoms with Gasteiger partial charge >= 0.3 is 74.2 Å². The molecule has 24 nitrogen and oxygen atoms in total. The summed E-state index contributed by atoms with van der Waals surface area (Å²) in [6.45, 7) is 0. The first-order chi connectivity index (χ1) is 42.5. The Balaban J connectivity index is 0.000000359. The number of carbonyl (C=O) groups is 4. The number of ether oxygens (including phenoxy) is 4. The van der Waals surface area contributed by atoms with Crippen LogP contribution in [0.1, 0.15) is 22.5 Å². The number of amides is 4. The minimum atomic E-state index is -0.995. The molecule has 0 aliphatic heterocycles. The number of carbonyl (C=O) groups excluding carboxylic acids is 8. The summed E-state index contributed by atoms with van der Waals surface area (Å²) in [5.74, 6) is 0. The van der Waals surface area contributed by atoms with Crippen molar-refractivity contribution in [2.75, 3.05) is 28.4 Å². The van der Waals surface area contributed by atoms with Crippen LogP contribution < -0.4 is 22.3 Å². The maximum Gasteiger partial charge on any atom is 2.00 e. The summed E-state index contributed by atoms with van der Waals surface area (Å²) < 4.78 is 15.1. The van der Waals surface area contributed by atoms with Gasteiger partial charge in [-0.3, -0.25) is 19.2 Å². The average molecular weight is 1460 g/mol. The fourth-order valence-electron chi connectivity index (χ4n) is 9.21. The van der Waals surface area contributed by atoms with Gasteiger partial charge in [-0.15, -0.1) is 0 Å². The predicted octanol–water partition coefficient (Wildman–Crippen LogP) is 11.5. The molecule has 2 aliphatic carbocycles. The molecule has 8 N–H and O–H groups in total. The molecule has 0 saturated carbocycles. The minimum absolute atomic E-state index is 0. The van der Waals surface area contributed by atoms with E-state index in [4.69, 9.17) is 22.9 Å². The molecule has 0 fully saturated rings. The SMILES string of the molecule is COC([NH-])=O.COC([NH-])=O.COC([NH-])=O.COC([NH-])=O.O=[C-]Pc1ncc(-c2ccc(-c3ccc4c5c(ccc4c3)-c3nc(P[C-]=O)[nH]c3CC5)cc2)[nH]1.O=[C-]Pc1ncc(-c2ccc(-c3ccc4cc5c(cc4c3)CCc3[nH]c(P[C-]=O)nc3-5)cc2)[nH]1.[V+2].[V+2].[V+2].[V+2]. The molecular formula is C60H52N12O12P4V4. The van der Waals surface area contributed by atoms with E-state index in [0.29, 0.717) is 22.3 Å². The number of nitrogens with one attached hydrogen (secondary N) is 8. The van der Waals surface area contributed by atoms with Crippen molar-refractivity contribution < 1.29 is 132 Å². The summed E-state index contributed by atoms with van der Waals surface area (Å²) >= 11 is 0. The van der Waals surface area contributed by atoms with Crippen LogP contribution in [0.2, 0.25) is 0 Å². The number of aromatic nitrogens is 8. The first kappa shape index (κ1) is 78.7. The maximum atomic E-state index is 10.8. The van der Waals surface area contributed by atoms with Gasteiger partial charge in [0, 0.05) is 22.5 Å². The number of imidazole rings is 4. The van der Waals surface area contributed by atoms with E-state index in [-0.39, 0.29) is 109 Å². The molecule has 2 aliphatic rings. The molecule has 92 heavy (non-hydrogen) atoms. The van der Waals surface area contributed by atoms with Gasteiger partial charge in [-0.2, -0.15) is 34.3 Å². The molecule has 6 aromatic carbocycles. The zero-order chi connectivity index (χ0) is 63.3. The summed E-state index contributed by atoms with van der Waals surface area (Å²) in [6, 6.07) is 46.2. The van der Waals surface area contributed by atoms with Gasteiger partial charge in [-0.25, -0.2) is 44.0 Å². The largest absolute Gasteiger partial charge is 2.00 e. The van der Waals surface area contributed by atoms with Crippen LogP contribution in [-0.2, 0) is 138 Å². The van der Waals surface area contributed by atoms with Gasteiger partial charge < -0.3 is 81.0 Å². The predicted molar refractivity (Wildman–Crippen MR) is 345 cm³/mol. The van der Waals surface area contributed by atoms with E-state index < -0.39 is 24.4 Å². The van der Waals surface area contributed by atoms with Crippen LogP contribution in [0.3, 0.4) is 0 Å². The molecule has 0 bridgehead atoms. The summed E-state index contributed by atoms with van der Waals surface area (Å²) in [5, 5.41) is 4.81. The standard InChI is InChI=1S/2C26H18N4O2P2.4C2H5NO2.4V/c31-13-33-25-27-12-23(29-25)16-3-1-15(2-4-16)17-5-7-19-18(11-17)6-8-21-20(19)9-10-22-24(21)30-26(28-22)34-14-32;31-13-33-25-27-12-23(29-25)16-3-1-15(2-4-16)17-5-6-18-11-21-19(10-20(18)9-17)7-8-22-24(21)30-26(28-22)34-14-32;4*1-5-2(3)4;;;;/h1-8,11-12,33-34H,9-10H2,(H,27,29)(H,28,30);1-6,9-12,33-34H,7-8H2,(H,27,29)(H,28,30);4*1H3,(H2,3,4);;;;/q2*-2;;;;;4*+2/p-4. The van der Waals surface area contributed by atoms with Crippen molar-refractivity contribution >= 4 is 127 Å². The van der Waals surface area contributed by atoms with Crippen LogP contribution in [0.5, 0.6) is 0 Å². The number of hydrogen-bond donors (Lipinski definition) is 4. The maximum absolute atomic E-state index is 10.8. The number of aryl methyl sites for hydroxylation is 4. The van der Waals surface area contributed by atoms with Crippen LogP contribution in [0.15, 0.2) is 122 Å². The quantitative estimate of drug-likeness (QED) is 0.0501. The van der Waals surface area contributed by atoms with E-state index >= 15 is 0 Å². The van der Waals surface area contributed by atoms with Gasteiger partial charge in [0.1, 0.15) is 0 Å². The van der Waals surface area contributed by atoms with Crippen LogP contribution >= 0.6 is 34.3 Å². The van der Waals surface area contributed by atoms with Crippen molar-refractivity contribution in [3.8, 4) is 67.3 Å². The molecule has 0 spiro atoms. The number of benzene rings is 6. The molecule has 4 heterocycles. The Labute approximate surface area is 582 Å². The van der Waals surface area contributed by atoms with E-state index in [1.165, 1.54) is 32.7 Å². The van der Waals surface area contributed by atoms with Crippen molar-refractivity contribution in [1.82, 2.24) is 39.9 Å². The second-order valence-electron chi connectivity index (χ2n) is 18.2. The van der Waals surface area contributed by atoms with Crippen molar-refractivity contribution in [3.63, 3.8) is 0 Å². The number of methoxy groups -OCH3 is 4. The van der Waals surface area contributed by atoms with Crippen molar-refractivity contribution in [3.05, 3.63) is 167 Å². The number of hydrogen-bond acceptors (Lipinski definition) is 16. The van der Waals surface area contributed by atoms with Crippen LogP contribution in [-0.4, -0.2) is 117 Å². The summed E-state index contributed by atoms with van der Waals surface area (Å²) in [4.78, 5) is 110. The van der Waals surface area contributed by atoms with E-state index in [1.54, 1.807) is 12.4 Å². The Hall–Kier alpha value is -7.50. The van der Waals surface area contributed by atoms with Gasteiger partial charge in [0.2, 0.25) is 24.4 Å². The van der Waals surface area contributed by atoms with Gasteiger partial charge in [0.05, 0.1) is 85.9 Å². The fourth-order valence-corrected chi connectivity index (χ4v) is 11.0. The van der Waals surface area contributed by atoms with Crippen molar-refractivity contribution in [2.45, 2.75) is 25.7 Å². The molecule has 4 radical (unpaired) electrons. The van der Waals surface area contributed by atoms with E-state index in [9.17, 15) is 38.4 Å². The Morgan fingerprint density at radius 3 is 1.22 bits per heavy atom. The van der Waals surface area contributed by atoms with Crippen LogP contribution in [0.4, 0.5) is 19.2 Å². The van der Waals surface area contributed by atoms with Gasteiger partial charge in [-0.05, 0) is 110 Å². The smallest absolute Gasteiger partial charge is 0.632 e. The Kier molecular flexibility index (Phi) is 33.5. The van der Waals surface area contributed by atoms with Gasteiger partial charge in [0.15, 0.2) is 0 Å². The average Bonchev–Trinajstić information content (AvgIpc) is 1.91. The molecule has 10 aromatic rings. The molecule has 4 aromatic heterocycles. The first-order valence-corrected chi connectivity index (χ1v) is 29.9. The number of nitrogens with zero attached hydrogens (tertiary/aromatic N) is 4. The fraction of sp³-hybridized carbons (Fsp3) is 0.133. The summed E-state index contributed by atoms with van der Waals surface area (Å²) in [6.07, 6.45) is 3.19. The van der Waals surface area contributed by atoms with E-state index in [2.05, 4.69) is 168 Å². The molecule has 32 heteroatoms. The van der Waals surface area contributed by atoms with E-state index in [1.807, 2.05) is 24.1 Å². The summed E-state index contributed by atoms with van der Waals surface area (Å²) in [7, 11) is 4.36. The molecule has 4 unspecified atom stereocenters. The molecule has 4 amide bonds. The molecule has 0 saturated heterocycles.